The van der Waals surface area contributed by atoms with Crippen LogP contribution < -0.4 is 5.32 Å². The highest BCUT2D eigenvalue weighted by atomic mass is 16.3. The molecule has 6 heteroatoms. The number of likely N-dealkylation sites (tertiary alicyclic amines) is 1. The molecule has 1 aliphatic heterocycles. The number of hydrogen-bond donors (Lipinski definition) is 3. The van der Waals surface area contributed by atoms with E-state index in [0.29, 0.717) is 18.0 Å². The van der Waals surface area contributed by atoms with Crippen molar-refractivity contribution in [3.8, 4) is 5.75 Å². The summed E-state index contributed by atoms with van der Waals surface area (Å²) in [5.41, 5.74) is 0.358. The zero-order valence-corrected chi connectivity index (χ0v) is 11.5. The molecule has 110 valence electrons. The molecule has 0 radical (unpaired) electrons. The van der Waals surface area contributed by atoms with E-state index in [9.17, 15) is 15.0 Å². The topological polar surface area (TPSA) is 85.7 Å². The van der Waals surface area contributed by atoms with Crippen molar-refractivity contribution in [2.45, 2.75) is 12.8 Å². The van der Waals surface area contributed by atoms with E-state index in [4.69, 9.17) is 0 Å². The Kier molecular flexibility index (Phi) is 5.31. The summed E-state index contributed by atoms with van der Waals surface area (Å²) in [6.07, 6.45) is 4.89. The van der Waals surface area contributed by atoms with Crippen LogP contribution >= 0.6 is 0 Å². The van der Waals surface area contributed by atoms with Gasteiger partial charge in [-0.25, -0.2) is 0 Å². The summed E-state index contributed by atoms with van der Waals surface area (Å²) in [6, 6.07) is 1.39. The third-order valence-corrected chi connectivity index (χ3v) is 3.56. The molecular formula is C14H21N3O3. The second-order valence-corrected chi connectivity index (χ2v) is 5.18. The standard InChI is InChI=1S/C14H21N3O3/c18-10-11-2-1-4-17(9-11)5-3-16-14(20)12-6-13(19)8-15-7-12/h6-8,11,18-19H,1-5,9-10H2,(H,16,20). The molecule has 2 heterocycles. The number of piperidine rings is 1. The maximum atomic E-state index is 11.8. The number of aromatic hydroxyl groups is 1. The molecule has 1 amide bonds. The van der Waals surface area contributed by atoms with E-state index in [2.05, 4.69) is 15.2 Å². The Labute approximate surface area is 118 Å². The van der Waals surface area contributed by atoms with Crippen molar-refractivity contribution in [1.82, 2.24) is 15.2 Å². The summed E-state index contributed by atoms with van der Waals surface area (Å²) >= 11 is 0. The van der Waals surface area contributed by atoms with Gasteiger partial charge in [0.15, 0.2) is 0 Å². The fourth-order valence-corrected chi connectivity index (χ4v) is 2.48. The summed E-state index contributed by atoms with van der Waals surface area (Å²) in [4.78, 5) is 17.9. The van der Waals surface area contributed by atoms with Gasteiger partial charge >= 0.3 is 0 Å². The fraction of sp³-hybridized carbons (Fsp3) is 0.571. The van der Waals surface area contributed by atoms with E-state index in [1.54, 1.807) is 0 Å². The molecule has 3 N–H and O–H groups in total. The Bertz CT molecular complexity index is 453. The molecule has 6 nitrogen and oxygen atoms in total. The van der Waals surface area contributed by atoms with Crippen LogP contribution in [-0.2, 0) is 0 Å². The number of nitrogens with zero attached hydrogens (tertiary/aromatic N) is 2. The second-order valence-electron chi connectivity index (χ2n) is 5.18. The zero-order chi connectivity index (χ0) is 14.4. The summed E-state index contributed by atoms with van der Waals surface area (Å²) in [5, 5.41) is 21.3. The zero-order valence-electron chi connectivity index (χ0n) is 11.5. The Hall–Kier alpha value is -1.66. The average Bonchev–Trinajstić information content (AvgIpc) is 2.47. The highest BCUT2D eigenvalue weighted by Crippen LogP contribution is 2.15. The quantitative estimate of drug-likeness (QED) is 0.718. The maximum absolute atomic E-state index is 11.8. The highest BCUT2D eigenvalue weighted by molar-refractivity contribution is 5.94. The molecule has 1 saturated heterocycles. The van der Waals surface area contributed by atoms with Crippen LogP contribution in [-0.4, -0.2) is 58.8 Å². The number of aliphatic hydroxyl groups excluding tert-OH is 1. The molecule has 0 aromatic carbocycles. The van der Waals surface area contributed by atoms with E-state index < -0.39 is 0 Å². The number of nitrogens with one attached hydrogen (secondary N) is 1. The number of carbonyl (C=O) groups excluding carboxylic acids is 1. The summed E-state index contributed by atoms with van der Waals surface area (Å²) in [7, 11) is 0. The average molecular weight is 279 g/mol. The van der Waals surface area contributed by atoms with Gasteiger partial charge in [0.1, 0.15) is 5.75 Å². The van der Waals surface area contributed by atoms with Gasteiger partial charge in [-0.05, 0) is 31.4 Å². The first-order chi connectivity index (χ1) is 9.69. The van der Waals surface area contributed by atoms with Gasteiger partial charge in [-0.3, -0.25) is 9.78 Å². The SMILES string of the molecule is O=C(NCCN1CCCC(CO)C1)c1cncc(O)c1. The third kappa shape index (κ3) is 4.18. The summed E-state index contributed by atoms with van der Waals surface area (Å²) < 4.78 is 0. The Morgan fingerprint density at radius 1 is 1.50 bits per heavy atom. The monoisotopic (exact) mass is 279 g/mol. The number of aliphatic hydroxyl groups is 1. The molecular weight excluding hydrogens is 258 g/mol. The second kappa shape index (κ2) is 7.21. The first kappa shape index (κ1) is 14.7. The van der Waals surface area contributed by atoms with Gasteiger partial charge in [0.05, 0.1) is 11.8 Å². The molecule has 1 aliphatic rings. The van der Waals surface area contributed by atoms with Crippen molar-refractivity contribution in [1.29, 1.82) is 0 Å². The van der Waals surface area contributed by atoms with Crippen molar-refractivity contribution in [3.63, 3.8) is 0 Å². The predicted molar refractivity (Wildman–Crippen MR) is 74.5 cm³/mol. The molecule has 0 spiro atoms. The lowest BCUT2D eigenvalue weighted by Crippen LogP contribution is -2.41. The van der Waals surface area contributed by atoms with Crippen LogP contribution in [0.1, 0.15) is 23.2 Å². The molecule has 2 rings (SSSR count). The minimum Gasteiger partial charge on any atom is -0.506 e. The lowest BCUT2D eigenvalue weighted by Gasteiger charge is -2.31. The van der Waals surface area contributed by atoms with E-state index in [1.165, 1.54) is 18.5 Å². The third-order valence-electron chi connectivity index (χ3n) is 3.56. The van der Waals surface area contributed by atoms with E-state index >= 15 is 0 Å². The van der Waals surface area contributed by atoms with Crippen LogP contribution in [0.2, 0.25) is 0 Å². The summed E-state index contributed by atoms with van der Waals surface area (Å²) in [5.74, 6) is 0.110. The van der Waals surface area contributed by atoms with Gasteiger partial charge in [0, 0.05) is 32.4 Å². The predicted octanol–water partition coefficient (Wildman–Crippen LogP) is 0.221. The van der Waals surface area contributed by atoms with Crippen molar-refractivity contribution in [2.75, 3.05) is 32.8 Å². The number of hydrogen-bond acceptors (Lipinski definition) is 5. The number of aromatic nitrogens is 1. The first-order valence-electron chi connectivity index (χ1n) is 6.94. The number of amides is 1. The normalized spacial score (nSPS) is 19.8. The van der Waals surface area contributed by atoms with Crippen LogP contribution in [0.5, 0.6) is 5.75 Å². The number of rotatable bonds is 5. The van der Waals surface area contributed by atoms with Gasteiger partial charge in [-0.1, -0.05) is 0 Å². The Balaban J connectivity index is 1.74. The number of pyridine rings is 1. The summed E-state index contributed by atoms with van der Waals surface area (Å²) in [6.45, 7) is 3.46. The van der Waals surface area contributed by atoms with Crippen molar-refractivity contribution < 1.29 is 15.0 Å². The minimum atomic E-state index is -0.232. The lowest BCUT2D eigenvalue weighted by atomic mass is 9.99. The largest absolute Gasteiger partial charge is 0.506 e. The molecule has 1 unspecified atom stereocenters. The van der Waals surface area contributed by atoms with Crippen molar-refractivity contribution in [2.24, 2.45) is 5.92 Å². The van der Waals surface area contributed by atoms with Crippen LogP contribution in [0.4, 0.5) is 0 Å². The van der Waals surface area contributed by atoms with E-state index in [-0.39, 0.29) is 18.3 Å². The van der Waals surface area contributed by atoms with Crippen molar-refractivity contribution in [3.05, 3.63) is 24.0 Å². The van der Waals surface area contributed by atoms with E-state index in [1.807, 2.05) is 0 Å². The minimum absolute atomic E-state index is 0.0144. The van der Waals surface area contributed by atoms with Gasteiger partial charge in [-0.2, -0.15) is 0 Å². The molecule has 1 fully saturated rings. The molecule has 0 bridgehead atoms. The molecule has 20 heavy (non-hydrogen) atoms. The Morgan fingerprint density at radius 3 is 3.10 bits per heavy atom. The van der Waals surface area contributed by atoms with E-state index in [0.717, 1.165) is 32.5 Å². The molecule has 0 saturated carbocycles. The Morgan fingerprint density at radius 2 is 2.35 bits per heavy atom. The van der Waals surface area contributed by atoms with Crippen LogP contribution in [0.15, 0.2) is 18.5 Å². The van der Waals surface area contributed by atoms with Crippen LogP contribution in [0.25, 0.3) is 0 Å². The first-order valence-corrected chi connectivity index (χ1v) is 6.94. The molecule has 1 aromatic rings. The fourth-order valence-electron chi connectivity index (χ4n) is 2.48. The van der Waals surface area contributed by atoms with Gasteiger partial charge in [0.2, 0.25) is 0 Å². The van der Waals surface area contributed by atoms with Gasteiger partial charge in [-0.15, -0.1) is 0 Å². The van der Waals surface area contributed by atoms with Crippen LogP contribution in [0, 0.1) is 5.92 Å². The molecule has 1 aromatic heterocycles. The molecule has 0 aliphatic carbocycles. The number of carbonyl (C=O) groups is 1. The lowest BCUT2D eigenvalue weighted by molar-refractivity contribution is 0.0930. The maximum Gasteiger partial charge on any atom is 0.253 e. The van der Waals surface area contributed by atoms with Gasteiger partial charge < -0.3 is 20.4 Å². The van der Waals surface area contributed by atoms with Gasteiger partial charge in [0.25, 0.3) is 5.91 Å². The smallest absolute Gasteiger partial charge is 0.253 e. The molecule has 1 atom stereocenters. The van der Waals surface area contributed by atoms with Crippen LogP contribution in [0.3, 0.4) is 0 Å². The highest BCUT2D eigenvalue weighted by Gasteiger charge is 2.18. The van der Waals surface area contributed by atoms with Crippen molar-refractivity contribution >= 4 is 5.91 Å².